The van der Waals surface area contributed by atoms with Crippen molar-refractivity contribution >= 4 is 21.6 Å². The van der Waals surface area contributed by atoms with Crippen LogP contribution in [0.5, 0.6) is 0 Å². The summed E-state index contributed by atoms with van der Waals surface area (Å²) in [6.45, 7) is 1.93. The average Bonchev–Trinajstić information content (AvgIpc) is 2.40. The zero-order chi connectivity index (χ0) is 12.3. The normalized spacial score (nSPS) is 9.29. The number of rotatable bonds is 3. The van der Waals surface area contributed by atoms with Crippen LogP contribution in [0.1, 0.15) is 6.92 Å². The lowest BCUT2D eigenvalue weighted by Gasteiger charge is -1.99. The molecule has 0 bridgehead atoms. The van der Waals surface area contributed by atoms with Crippen LogP contribution in [0.4, 0.5) is 0 Å². The fourth-order valence-corrected chi connectivity index (χ4v) is 3.02. The second-order valence-electron chi connectivity index (χ2n) is 3.11. The molecule has 0 unspecified atom stereocenters. The van der Waals surface area contributed by atoms with Crippen LogP contribution in [0, 0.1) is 0 Å². The van der Waals surface area contributed by atoms with E-state index in [2.05, 4.69) is 48.5 Å². The third-order valence-corrected chi connectivity index (χ3v) is 4.14. The summed E-state index contributed by atoms with van der Waals surface area (Å²) < 4.78 is 0. The monoisotopic (exact) mass is 264 g/mol. The molecule has 0 amide bonds. The fourth-order valence-electron chi connectivity index (χ4n) is 1.05. The summed E-state index contributed by atoms with van der Waals surface area (Å²) in [6, 6.07) is 20.8. The van der Waals surface area contributed by atoms with Crippen molar-refractivity contribution in [2.24, 2.45) is 0 Å². The zero-order valence-corrected chi connectivity index (χ0v) is 11.4. The van der Waals surface area contributed by atoms with Gasteiger partial charge in [0.15, 0.2) is 0 Å². The molecule has 0 atom stereocenters. The van der Waals surface area contributed by atoms with Crippen LogP contribution in [0.25, 0.3) is 0 Å². The molecule has 90 valence electrons. The molecule has 0 saturated carbocycles. The minimum atomic E-state index is 0.250. The van der Waals surface area contributed by atoms with E-state index < -0.39 is 0 Å². The van der Waals surface area contributed by atoms with Gasteiger partial charge in [-0.2, -0.15) is 0 Å². The highest BCUT2D eigenvalue weighted by molar-refractivity contribution is 8.76. The van der Waals surface area contributed by atoms with Gasteiger partial charge < -0.3 is 5.11 Å². The second kappa shape index (κ2) is 9.16. The molecular formula is C14H16OS2. The predicted molar refractivity (Wildman–Crippen MR) is 77.4 cm³/mol. The number of aliphatic hydroxyl groups is 1. The summed E-state index contributed by atoms with van der Waals surface area (Å²) in [4.78, 5) is 2.59. The second-order valence-corrected chi connectivity index (χ2v) is 5.39. The molecule has 0 spiro atoms. The predicted octanol–water partition coefficient (Wildman–Crippen LogP) is 4.48. The van der Waals surface area contributed by atoms with Crippen molar-refractivity contribution in [2.45, 2.75) is 16.7 Å². The minimum Gasteiger partial charge on any atom is -0.397 e. The zero-order valence-electron chi connectivity index (χ0n) is 9.74. The number of aliphatic hydroxyl groups excluding tert-OH is 1. The van der Waals surface area contributed by atoms with Gasteiger partial charge in [0, 0.05) is 16.4 Å². The molecule has 2 aromatic carbocycles. The molecule has 0 aliphatic heterocycles. The van der Waals surface area contributed by atoms with Gasteiger partial charge in [0.1, 0.15) is 0 Å². The van der Waals surface area contributed by atoms with Gasteiger partial charge in [-0.15, -0.1) is 0 Å². The molecule has 0 aromatic heterocycles. The van der Waals surface area contributed by atoms with E-state index in [0.29, 0.717) is 0 Å². The minimum absolute atomic E-state index is 0.250. The van der Waals surface area contributed by atoms with Gasteiger partial charge >= 0.3 is 0 Å². The van der Waals surface area contributed by atoms with Crippen LogP contribution in [0.3, 0.4) is 0 Å². The number of hydrogen-bond acceptors (Lipinski definition) is 3. The van der Waals surface area contributed by atoms with Gasteiger partial charge in [-0.05, 0) is 31.2 Å². The first-order valence-electron chi connectivity index (χ1n) is 5.42. The van der Waals surface area contributed by atoms with E-state index >= 15 is 0 Å². The van der Waals surface area contributed by atoms with Crippen LogP contribution in [0.2, 0.25) is 0 Å². The van der Waals surface area contributed by atoms with E-state index in [4.69, 9.17) is 5.11 Å². The molecule has 2 rings (SSSR count). The van der Waals surface area contributed by atoms with Gasteiger partial charge in [0.2, 0.25) is 0 Å². The standard InChI is InChI=1S/C12H10S2.C2H6O/c1-3-7-11(8-4-1)13-14-12-9-5-2-6-10-12;1-2-3/h1-10H;3H,2H2,1H3. The molecule has 17 heavy (non-hydrogen) atoms. The summed E-state index contributed by atoms with van der Waals surface area (Å²) in [5.74, 6) is 0. The van der Waals surface area contributed by atoms with Gasteiger partial charge in [0.05, 0.1) is 0 Å². The van der Waals surface area contributed by atoms with Gasteiger partial charge in [-0.25, -0.2) is 0 Å². The lowest BCUT2D eigenvalue weighted by Crippen LogP contribution is -1.67. The Labute approximate surface area is 111 Å². The number of benzene rings is 2. The largest absolute Gasteiger partial charge is 0.397 e. The average molecular weight is 264 g/mol. The molecule has 0 fully saturated rings. The Bertz CT molecular complexity index is 350. The van der Waals surface area contributed by atoms with Crippen molar-refractivity contribution in [2.75, 3.05) is 6.61 Å². The lowest BCUT2D eigenvalue weighted by atomic mass is 10.4. The molecule has 0 aliphatic rings. The molecule has 0 saturated heterocycles. The molecule has 1 N–H and O–H groups in total. The van der Waals surface area contributed by atoms with Crippen LogP contribution in [0.15, 0.2) is 70.5 Å². The van der Waals surface area contributed by atoms with Crippen molar-refractivity contribution < 1.29 is 5.11 Å². The molecule has 0 radical (unpaired) electrons. The van der Waals surface area contributed by atoms with E-state index in [1.54, 1.807) is 28.5 Å². The molecule has 0 heterocycles. The third-order valence-electron chi connectivity index (χ3n) is 1.72. The third kappa shape index (κ3) is 6.41. The Morgan fingerprint density at radius 3 is 1.35 bits per heavy atom. The first kappa shape index (κ1) is 14.2. The maximum atomic E-state index is 7.57. The molecule has 2 aromatic rings. The Morgan fingerprint density at radius 2 is 1.06 bits per heavy atom. The van der Waals surface area contributed by atoms with Crippen molar-refractivity contribution in [1.29, 1.82) is 0 Å². The fraction of sp³-hybridized carbons (Fsp3) is 0.143. The smallest absolute Gasteiger partial charge is 0.0402 e. The highest BCUT2D eigenvalue weighted by Gasteiger charge is 1.94. The Kier molecular flexibility index (Phi) is 7.63. The van der Waals surface area contributed by atoms with E-state index in [0.717, 1.165) is 0 Å². The summed E-state index contributed by atoms with van der Waals surface area (Å²) in [5, 5.41) is 7.57. The highest BCUT2D eigenvalue weighted by atomic mass is 33.1. The summed E-state index contributed by atoms with van der Waals surface area (Å²) in [7, 11) is 3.58. The quantitative estimate of drug-likeness (QED) is 0.825. The molecular weight excluding hydrogens is 248 g/mol. The first-order valence-corrected chi connectivity index (χ1v) is 7.57. The van der Waals surface area contributed by atoms with E-state index in [9.17, 15) is 0 Å². The molecule has 3 heteroatoms. The Hall–Kier alpha value is -0.900. The summed E-state index contributed by atoms with van der Waals surface area (Å²) in [6.07, 6.45) is 0. The first-order chi connectivity index (χ1) is 8.36. The van der Waals surface area contributed by atoms with Crippen LogP contribution >= 0.6 is 21.6 Å². The molecule has 0 aliphatic carbocycles. The van der Waals surface area contributed by atoms with Crippen molar-refractivity contribution in [1.82, 2.24) is 0 Å². The van der Waals surface area contributed by atoms with Gasteiger partial charge in [-0.3, -0.25) is 0 Å². The van der Waals surface area contributed by atoms with Crippen LogP contribution < -0.4 is 0 Å². The number of hydrogen-bond donors (Lipinski definition) is 1. The van der Waals surface area contributed by atoms with Crippen molar-refractivity contribution in [3.63, 3.8) is 0 Å². The Morgan fingerprint density at radius 1 is 0.765 bits per heavy atom. The summed E-state index contributed by atoms with van der Waals surface area (Å²) >= 11 is 0. The van der Waals surface area contributed by atoms with Crippen LogP contribution in [-0.2, 0) is 0 Å². The van der Waals surface area contributed by atoms with Crippen molar-refractivity contribution in [3.05, 3.63) is 60.7 Å². The lowest BCUT2D eigenvalue weighted by molar-refractivity contribution is 0.318. The van der Waals surface area contributed by atoms with E-state index in [1.165, 1.54) is 9.79 Å². The Balaban J connectivity index is 0.000000437. The maximum absolute atomic E-state index is 7.57. The maximum Gasteiger partial charge on any atom is 0.0402 e. The summed E-state index contributed by atoms with van der Waals surface area (Å²) in [5.41, 5.74) is 0. The SMILES string of the molecule is CCO.c1ccc(SSc2ccccc2)cc1. The highest BCUT2D eigenvalue weighted by Crippen LogP contribution is 2.36. The molecule has 1 nitrogen and oxygen atoms in total. The van der Waals surface area contributed by atoms with E-state index in [-0.39, 0.29) is 6.61 Å². The van der Waals surface area contributed by atoms with Crippen molar-refractivity contribution in [3.8, 4) is 0 Å². The van der Waals surface area contributed by atoms with E-state index in [1.807, 2.05) is 12.1 Å². The van der Waals surface area contributed by atoms with Crippen LogP contribution in [-0.4, -0.2) is 11.7 Å². The topological polar surface area (TPSA) is 20.2 Å². The van der Waals surface area contributed by atoms with Gasteiger partial charge in [0.25, 0.3) is 0 Å². The van der Waals surface area contributed by atoms with Gasteiger partial charge in [-0.1, -0.05) is 58.0 Å².